The maximum absolute atomic E-state index is 12.2. The van der Waals surface area contributed by atoms with Crippen LogP contribution in [0.3, 0.4) is 0 Å². The Morgan fingerprint density at radius 3 is 2.30 bits per heavy atom. The van der Waals surface area contributed by atoms with E-state index in [4.69, 9.17) is 5.73 Å². The van der Waals surface area contributed by atoms with Crippen LogP contribution >= 0.6 is 0 Å². The fraction of sp³-hybridized carbons (Fsp3) is 0.471. The van der Waals surface area contributed by atoms with Gasteiger partial charge in [0.15, 0.2) is 0 Å². The minimum Gasteiger partial charge on any atom is -0.370 e. The van der Waals surface area contributed by atoms with Gasteiger partial charge in [0.05, 0.1) is 0 Å². The molecule has 0 aliphatic rings. The predicted molar refractivity (Wildman–Crippen MR) is 88.4 cm³/mol. The van der Waals surface area contributed by atoms with Gasteiger partial charge in [-0.3, -0.25) is 14.4 Å². The second-order valence-electron chi connectivity index (χ2n) is 5.75. The molecule has 126 valence electrons. The van der Waals surface area contributed by atoms with E-state index in [0.29, 0.717) is 13.0 Å². The zero-order valence-electron chi connectivity index (χ0n) is 13.7. The third kappa shape index (κ3) is 7.44. The van der Waals surface area contributed by atoms with Crippen molar-refractivity contribution in [1.82, 2.24) is 10.6 Å². The van der Waals surface area contributed by atoms with Gasteiger partial charge >= 0.3 is 0 Å². The number of nitrogens with two attached hydrogens (primary N) is 1. The molecule has 0 aliphatic carbocycles. The summed E-state index contributed by atoms with van der Waals surface area (Å²) in [7, 11) is 0. The van der Waals surface area contributed by atoms with Crippen LogP contribution in [0.1, 0.15) is 32.3 Å². The average molecular weight is 319 g/mol. The van der Waals surface area contributed by atoms with Crippen LogP contribution < -0.4 is 16.4 Å². The molecule has 3 amide bonds. The summed E-state index contributed by atoms with van der Waals surface area (Å²) in [6.07, 6.45) is 0.952. The molecule has 0 aliphatic heterocycles. The van der Waals surface area contributed by atoms with Crippen molar-refractivity contribution in [1.29, 1.82) is 0 Å². The van der Waals surface area contributed by atoms with Gasteiger partial charge in [-0.05, 0) is 18.4 Å². The van der Waals surface area contributed by atoms with E-state index in [1.165, 1.54) is 0 Å². The molecule has 0 saturated carbocycles. The molecule has 0 saturated heterocycles. The maximum Gasteiger partial charge on any atom is 0.242 e. The lowest BCUT2D eigenvalue weighted by atomic mass is 10.1. The molecule has 1 atom stereocenters. The summed E-state index contributed by atoms with van der Waals surface area (Å²) in [4.78, 5) is 34.9. The average Bonchev–Trinajstić information content (AvgIpc) is 2.51. The Hall–Kier alpha value is -2.37. The molecular weight excluding hydrogens is 294 g/mol. The Morgan fingerprint density at radius 1 is 1.09 bits per heavy atom. The minimum absolute atomic E-state index is 0.0507. The first kappa shape index (κ1) is 18.7. The quantitative estimate of drug-likeness (QED) is 0.626. The molecule has 23 heavy (non-hydrogen) atoms. The Kier molecular flexibility index (Phi) is 7.80. The Bertz CT molecular complexity index is 529. The fourth-order valence-electron chi connectivity index (χ4n) is 1.99. The number of primary amides is 1. The van der Waals surface area contributed by atoms with E-state index in [1.54, 1.807) is 13.8 Å². The van der Waals surface area contributed by atoms with Crippen LogP contribution in [0.25, 0.3) is 0 Å². The van der Waals surface area contributed by atoms with Gasteiger partial charge in [-0.1, -0.05) is 44.2 Å². The molecule has 0 heterocycles. The molecule has 1 aromatic carbocycles. The van der Waals surface area contributed by atoms with Crippen molar-refractivity contribution in [2.75, 3.05) is 6.54 Å². The number of hydrogen-bond donors (Lipinski definition) is 3. The highest BCUT2D eigenvalue weighted by Gasteiger charge is 2.22. The predicted octanol–water partition coefficient (Wildman–Crippen LogP) is 0.752. The number of rotatable bonds is 9. The van der Waals surface area contributed by atoms with Gasteiger partial charge in [0.2, 0.25) is 17.7 Å². The Balaban J connectivity index is 2.52. The van der Waals surface area contributed by atoms with Gasteiger partial charge in [-0.15, -0.1) is 0 Å². The van der Waals surface area contributed by atoms with Gasteiger partial charge in [0.1, 0.15) is 6.04 Å². The SMILES string of the molecule is CC(C)C(=O)N[C@@H](CCC(N)=O)C(=O)NCCc1ccccc1. The van der Waals surface area contributed by atoms with E-state index < -0.39 is 11.9 Å². The van der Waals surface area contributed by atoms with Crippen LogP contribution in [-0.4, -0.2) is 30.3 Å². The number of carbonyl (C=O) groups excluding carboxylic acids is 3. The van der Waals surface area contributed by atoms with E-state index >= 15 is 0 Å². The van der Waals surface area contributed by atoms with Crippen LogP contribution in [0.2, 0.25) is 0 Å². The summed E-state index contributed by atoms with van der Waals surface area (Å²) in [6.45, 7) is 3.95. The standard InChI is InChI=1S/C17H25N3O3/c1-12(2)16(22)20-14(8-9-15(18)21)17(23)19-11-10-13-6-4-3-5-7-13/h3-7,12,14H,8-11H2,1-2H3,(H2,18,21)(H,19,23)(H,20,22)/t14-/m0/s1. The van der Waals surface area contributed by atoms with E-state index in [-0.39, 0.29) is 30.6 Å². The number of benzene rings is 1. The topological polar surface area (TPSA) is 101 Å². The number of amides is 3. The van der Waals surface area contributed by atoms with Gasteiger partial charge in [0.25, 0.3) is 0 Å². The molecule has 0 fully saturated rings. The van der Waals surface area contributed by atoms with Gasteiger partial charge in [-0.25, -0.2) is 0 Å². The molecule has 6 nitrogen and oxygen atoms in total. The largest absolute Gasteiger partial charge is 0.370 e. The molecule has 0 bridgehead atoms. The number of carbonyl (C=O) groups is 3. The first-order valence-corrected chi connectivity index (χ1v) is 7.80. The van der Waals surface area contributed by atoms with Crippen LogP contribution in [-0.2, 0) is 20.8 Å². The molecule has 0 unspecified atom stereocenters. The molecule has 1 aromatic rings. The van der Waals surface area contributed by atoms with Crippen LogP contribution in [0.5, 0.6) is 0 Å². The lowest BCUT2D eigenvalue weighted by Gasteiger charge is -2.19. The second kappa shape index (κ2) is 9.61. The summed E-state index contributed by atoms with van der Waals surface area (Å²) in [5.41, 5.74) is 6.24. The third-order valence-electron chi connectivity index (χ3n) is 3.39. The molecule has 4 N–H and O–H groups in total. The van der Waals surface area contributed by atoms with Crippen molar-refractivity contribution in [3.63, 3.8) is 0 Å². The highest BCUT2D eigenvalue weighted by molar-refractivity contribution is 5.88. The van der Waals surface area contributed by atoms with Crippen molar-refractivity contribution in [3.05, 3.63) is 35.9 Å². The van der Waals surface area contributed by atoms with E-state index in [0.717, 1.165) is 5.56 Å². The van der Waals surface area contributed by atoms with Crippen molar-refractivity contribution in [2.45, 2.75) is 39.2 Å². The highest BCUT2D eigenvalue weighted by atomic mass is 16.2. The van der Waals surface area contributed by atoms with E-state index in [9.17, 15) is 14.4 Å². The van der Waals surface area contributed by atoms with Gasteiger partial charge < -0.3 is 16.4 Å². The maximum atomic E-state index is 12.2. The molecule has 6 heteroatoms. The van der Waals surface area contributed by atoms with Crippen LogP contribution in [0.4, 0.5) is 0 Å². The van der Waals surface area contributed by atoms with Crippen LogP contribution in [0, 0.1) is 5.92 Å². The summed E-state index contributed by atoms with van der Waals surface area (Å²) >= 11 is 0. The molecular formula is C17H25N3O3. The first-order chi connectivity index (χ1) is 10.9. The van der Waals surface area contributed by atoms with Crippen molar-refractivity contribution in [2.24, 2.45) is 11.7 Å². The lowest BCUT2D eigenvalue weighted by molar-refractivity contribution is -0.131. The molecule has 0 radical (unpaired) electrons. The van der Waals surface area contributed by atoms with Crippen molar-refractivity contribution >= 4 is 17.7 Å². The summed E-state index contributed by atoms with van der Waals surface area (Å²) in [5.74, 6) is -1.25. The van der Waals surface area contributed by atoms with Gasteiger partial charge in [0, 0.05) is 18.9 Å². The summed E-state index contributed by atoms with van der Waals surface area (Å²) in [5, 5.41) is 5.45. The monoisotopic (exact) mass is 319 g/mol. The third-order valence-corrected chi connectivity index (χ3v) is 3.39. The first-order valence-electron chi connectivity index (χ1n) is 7.80. The smallest absolute Gasteiger partial charge is 0.242 e. The fourth-order valence-corrected chi connectivity index (χ4v) is 1.99. The van der Waals surface area contributed by atoms with Crippen LogP contribution in [0.15, 0.2) is 30.3 Å². The lowest BCUT2D eigenvalue weighted by Crippen LogP contribution is -2.48. The number of hydrogen-bond acceptors (Lipinski definition) is 3. The Morgan fingerprint density at radius 2 is 1.74 bits per heavy atom. The van der Waals surface area contributed by atoms with E-state index in [1.807, 2.05) is 30.3 Å². The van der Waals surface area contributed by atoms with Crippen molar-refractivity contribution < 1.29 is 14.4 Å². The Labute approximate surface area is 136 Å². The van der Waals surface area contributed by atoms with Gasteiger partial charge in [-0.2, -0.15) is 0 Å². The second-order valence-corrected chi connectivity index (χ2v) is 5.75. The minimum atomic E-state index is -0.742. The zero-order valence-corrected chi connectivity index (χ0v) is 13.7. The summed E-state index contributed by atoms with van der Waals surface area (Å²) in [6, 6.07) is 9.04. The van der Waals surface area contributed by atoms with E-state index in [2.05, 4.69) is 10.6 Å². The molecule has 0 spiro atoms. The molecule has 0 aromatic heterocycles. The van der Waals surface area contributed by atoms with Crippen molar-refractivity contribution in [3.8, 4) is 0 Å². The summed E-state index contributed by atoms with van der Waals surface area (Å²) < 4.78 is 0. The normalized spacial score (nSPS) is 11.8. The zero-order chi connectivity index (χ0) is 17.2. The molecule has 1 rings (SSSR count). The number of nitrogens with one attached hydrogen (secondary N) is 2. The highest BCUT2D eigenvalue weighted by Crippen LogP contribution is 2.02.